The van der Waals surface area contributed by atoms with Crippen molar-refractivity contribution in [3.05, 3.63) is 47.7 Å². The van der Waals surface area contributed by atoms with Gasteiger partial charge < -0.3 is 9.64 Å². The van der Waals surface area contributed by atoms with E-state index in [2.05, 4.69) is 25.0 Å². The third-order valence-electron chi connectivity index (χ3n) is 3.74. The standard InChI is InChI=1S/C14H15N7O2.ClH/c22-14-11(20-2-1-15-10-20)8-18-21(14)13-7-12(16-9-17-13)19-3-5-23-6-4-19;/h1-2,7-10,18H,3-6H2;1H. The molecule has 0 spiro atoms. The first-order valence-electron chi connectivity index (χ1n) is 7.27. The summed E-state index contributed by atoms with van der Waals surface area (Å²) < 4.78 is 8.39. The molecule has 1 aliphatic rings. The van der Waals surface area contributed by atoms with Crippen LogP contribution in [-0.2, 0) is 4.74 Å². The zero-order valence-electron chi connectivity index (χ0n) is 12.7. The van der Waals surface area contributed by atoms with Crippen molar-refractivity contribution in [3.8, 4) is 11.5 Å². The Kier molecular flexibility index (Phi) is 4.63. The summed E-state index contributed by atoms with van der Waals surface area (Å²) in [6.45, 7) is 2.89. The summed E-state index contributed by atoms with van der Waals surface area (Å²) in [5.74, 6) is 1.28. The average Bonchev–Trinajstić information content (AvgIpc) is 3.25. The van der Waals surface area contributed by atoms with Crippen molar-refractivity contribution < 1.29 is 4.74 Å². The molecule has 1 N–H and O–H groups in total. The number of hydrogen-bond acceptors (Lipinski definition) is 6. The van der Waals surface area contributed by atoms with Crippen molar-refractivity contribution >= 4 is 18.2 Å². The van der Waals surface area contributed by atoms with Gasteiger partial charge in [-0.05, 0) is 0 Å². The van der Waals surface area contributed by atoms with Crippen LogP contribution in [-0.4, -0.2) is 55.6 Å². The number of anilines is 1. The molecule has 0 unspecified atom stereocenters. The van der Waals surface area contributed by atoms with Crippen LogP contribution in [0.1, 0.15) is 0 Å². The van der Waals surface area contributed by atoms with Gasteiger partial charge in [0.1, 0.15) is 17.8 Å². The SMILES string of the molecule is Cl.O=c1c(-n2ccnc2)c[nH]n1-c1cc(N2CCOCC2)ncn1. The van der Waals surface area contributed by atoms with Crippen molar-refractivity contribution in [2.75, 3.05) is 31.2 Å². The first-order valence-corrected chi connectivity index (χ1v) is 7.27. The van der Waals surface area contributed by atoms with E-state index >= 15 is 0 Å². The Morgan fingerprint density at radius 2 is 1.96 bits per heavy atom. The van der Waals surface area contributed by atoms with E-state index in [-0.39, 0.29) is 18.0 Å². The number of rotatable bonds is 3. The van der Waals surface area contributed by atoms with Gasteiger partial charge in [0, 0.05) is 37.7 Å². The van der Waals surface area contributed by atoms with Gasteiger partial charge in [0.25, 0.3) is 5.56 Å². The Morgan fingerprint density at radius 1 is 1.17 bits per heavy atom. The lowest BCUT2D eigenvalue weighted by Crippen LogP contribution is -2.37. The summed E-state index contributed by atoms with van der Waals surface area (Å²) in [4.78, 5) is 27.1. The van der Waals surface area contributed by atoms with Crippen LogP contribution in [0, 0.1) is 0 Å². The molecule has 24 heavy (non-hydrogen) atoms. The number of halogens is 1. The normalized spacial score (nSPS) is 14.4. The number of morpholine rings is 1. The van der Waals surface area contributed by atoms with Crippen LogP contribution >= 0.6 is 12.4 Å². The van der Waals surface area contributed by atoms with Crippen molar-refractivity contribution in [2.45, 2.75) is 0 Å². The highest BCUT2D eigenvalue weighted by molar-refractivity contribution is 5.85. The lowest BCUT2D eigenvalue weighted by molar-refractivity contribution is 0.122. The van der Waals surface area contributed by atoms with E-state index in [0.717, 1.165) is 18.9 Å². The van der Waals surface area contributed by atoms with Gasteiger partial charge in [-0.15, -0.1) is 12.4 Å². The van der Waals surface area contributed by atoms with Crippen molar-refractivity contribution in [1.82, 2.24) is 29.3 Å². The predicted octanol–water partition coefficient (Wildman–Crippen LogP) is 0.400. The molecular formula is C14H16ClN7O2. The molecule has 0 aromatic carbocycles. The van der Waals surface area contributed by atoms with Gasteiger partial charge in [0.05, 0.1) is 19.5 Å². The molecule has 1 fully saturated rings. The molecule has 3 aromatic heterocycles. The lowest BCUT2D eigenvalue weighted by Gasteiger charge is -2.27. The van der Waals surface area contributed by atoms with E-state index in [1.807, 2.05) is 0 Å². The summed E-state index contributed by atoms with van der Waals surface area (Å²) in [6, 6.07) is 1.79. The van der Waals surface area contributed by atoms with Crippen molar-refractivity contribution in [3.63, 3.8) is 0 Å². The highest BCUT2D eigenvalue weighted by Gasteiger charge is 2.15. The number of nitrogens with zero attached hydrogens (tertiary/aromatic N) is 6. The van der Waals surface area contributed by atoms with E-state index in [9.17, 15) is 4.79 Å². The maximum Gasteiger partial charge on any atom is 0.296 e. The van der Waals surface area contributed by atoms with Crippen LogP contribution in [0.25, 0.3) is 11.5 Å². The molecule has 4 heterocycles. The fourth-order valence-corrected chi connectivity index (χ4v) is 2.54. The minimum atomic E-state index is -0.199. The molecular weight excluding hydrogens is 334 g/mol. The molecule has 1 saturated heterocycles. The number of imidazole rings is 1. The van der Waals surface area contributed by atoms with Crippen LogP contribution in [0.2, 0.25) is 0 Å². The van der Waals surface area contributed by atoms with Gasteiger partial charge in [0.2, 0.25) is 0 Å². The number of nitrogens with one attached hydrogen (secondary N) is 1. The Bertz CT molecular complexity index is 852. The van der Waals surface area contributed by atoms with Gasteiger partial charge in [0.15, 0.2) is 5.82 Å². The van der Waals surface area contributed by atoms with Crippen LogP contribution < -0.4 is 10.5 Å². The van der Waals surface area contributed by atoms with Crippen LogP contribution in [0.4, 0.5) is 5.82 Å². The lowest BCUT2D eigenvalue weighted by atomic mass is 10.4. The first kappa shape index (κ1) is 16.2. The monoisotopic (exact) mass is 349 g/mol. The summed E-state index contributed by atoms with van der Waals surface area (Å²) in [5, 5.41) is 2.93. The summed E-state index contributed by atoms with van der Waals surface area (Å²) in [7, 11) is 0. The largest absolute Gasteiger partial charge is 0.378 e. The quantitative estimate of drug-likeness (QED) is 0.735. The van der Waals surface area contributed by atoms with Crippen LogP contribution in [0.15, 0.2) is 42.1 Å². The van der Waals surface area contributed by atoms with Crippen LogP contribution in [0.3, 0.4) is 0 Å². The molecule has 0 bridgehead atoms. The van der Waals surface area contributed by atoms with Crippen molar-refractivity contribution in [1.29, 1.82) is 0 Å². The molecule has 126 valence electrons. The minimum absolute atomic E-state index is 0. The highest BCUT2D eigenvalue weighted by Crippen LogP contribution is 2.14. The number of aromatic nitrogens is 6. The molecule has 10 heteroatoms. The molecule has 0 atom stereocenters. The second-order valence-corrected chi connectivity index (χ2v) is 5.10. The van der Waals surface area contributed by atoms with Gasteiger partial charge in [-0.3, -0.25) is 14.5 Å². The number of ether oxygens (including phenoxy) is 1. The maximum absolute atomic E-state index is 12.5. The molecule has 3 aromatic rings. The maximum atomic E-state index is 12.5. The fourth-order valence-electron chi connectivity index (χ4n) is 2.54. The smallest absolute Gasteiger partial charge is 0.296 e. The van der Waals surface area contributed by atoms with E-state index in [4.69, 9.17) is 4.74 Å². The van der Waals surface area contributed by atoms with Crippen molar-refractivity contribution in [2.24, 2.45) is 0 Å². The molecule has 0 aliphatic carbocycles. The minimum Gasteiger partial charge on any atom is -0.378 e. The third-order valence-corrected chi connectivity index (χ3v) is 3.74. The summed E-state index contributed by atoms with van der Waals surface area (Å²) in [5.41, 5.74) is 0.281. The first-order chi connectivity index (χ1) is 11.3. The second kappa shape index (κ2) is 6.85. The fraction of sp³-hybridized carbons (Fsp3) is 0.286. The summed E-state index contributed by atoms with van der Waals surface area (Å²) >= 11 is 0. The number of hydrogen-bond donors (Lipinski definition) is 1. The topological polar surface area (TPSA) is 93.9 Å². The Balaban J connectivity index is 0.00000169. The molecule has 1 aliphatic heterocycles. The van der Waals surface area contributed by atoms with E-state index in [0.29, 0.717) is 24.7 Å². The Labute approximate surface area is 143 Å². The van der Waals surface area contributed by atoms with Gasteiger partial charge in [-0.25, -0.2) is 15.0 Å². The van der Waals surface area contributed by atoms with Gasteiger partial charge >= 0.3 is 0 Å². The molecule has 0 radical (unpaired) electrons. The zero-order valence-corrected chi connectivity index (χ0v) is 13.5. The van der Waals surface area contributed by atoms with Gasteiger partial charge in [-0.1, -0.05) is 0 Å². The highest BCUT2D eigenvalue weighted by atomic mass is 35.5. The molecule has 4 rings (SSSR count). The van der Waals surface area contributed by atoms with Gasteiger partial charge in [-0.2, -0.15) is 4.68 Å². The Morgan fingerprint density at radius 3 is 2.71 bits per heavy atom. The third kappa shape index (κ3) is 2.91. The molecule has 0 amide bonds. The van der Waals surface area contributed by atoms with E-state index in [1.165, 1.54) is 11.0 Å². The van der Waals surface area contributed by atoms with E-state index in [1.54, 1.807) is 35.6 Å². The number of aromatic amines is 1. The average molecular weight is 350 g/mol. The van der Waals surface area contributed by atoms with E-state index < -0.39 is 0 Å². The number of H-pyrrole nitrogens is 1. The molecule has 0 saturated carbocycles. The summed E-state index contributed by atoms with van der Waals surface area (Å²) in [6.07, 6.45) is 8.00. The Hall–Kier alpha value is -2.65. The second-order valence-electron chi connectivity index (χ2n) is 5.10. The van der Waals surface area contributed by atoms with Crippen LogP contribution in [0.5, 0.6) is 0 Å². The predicted molar refractivity (Wildman–Crippen MR) is 89.4 cm³/mol. The zero-order chi connectivity index (χ0) is 15.6. The molecule has 9 nitrogen and oxygen atoms in total.